The van der Waals surface area contributed by atoms with E-state index in [1.165, 1.54) is 18.6 Å². The Balaban J connectivity index is 1.87. The monoisotopic (exact) mass is 278 g/mol. The fourth-order valence-corrected chi connectivity index (χ4v) is 3.67. The second-order valence-electron chi connectivity index (χ2n) is 5.33. The fraction of sp³-hybridized carbons (Fsp3) is 0.533. The number of nitrogens with two attached hydrogens (primary N) is 1. The molecule has 0 radical (unpaired) electrons. The summed E-state index contributed by atoms with van der Waals surface area (Å²) >= 11 is 1.97. The highest BCUT2D eigenvalue weighted by atomic mass is 32.2. The number of hydrogen-bond donors (Lipinski definition) is 2. The van der Waals surface area contributed by atoms with Crippen LogP contribution in [0.25, 0.3) is 0 Å². The van der Waals surface area contributed by atoms with Crippen LogP contribution in [-0.4, -0.2) is 23.0 Å². The summed E-state index contributed by atoms with van der Waals surface area (Å²) in [6.45, 7) is 3.48. The summed E-state index contributed by atoms with van der Waals surface area (Å²) < 4.78 is 0.225. The van der Waals surface area contributed by atoms with Gasteiger partial charge in [0.15, 0.2) is 0 Å². The molecule has 0 spiro atoms. The number of nitrogens with one attached hydrogen (secondary N) is 1. The lowest BCUT2D eigenvalue weighted by molar-refractivity contribution is -0.120. The first-order valence-electron chi connectivity index (χ1n) is 6.80. The average molecular weight is 278 g/mol. The average Bonchev–Trinajstić information content (AvgIpc) is 2.85. The SMILES string of the molecule is CC1(CNC(=O)Cc2ccccc2CN)CCCS1. The summed E-state index contributed by atoms with van der Waals surface area (Å²) in [5, 5.41) is 3.06. The highest BCUT2D eigenvalue weighted by Crippen LogP contribution is 2.36. The van der Waals surface area contributed by atoms with E-state index < -0.39 is 0 Å². The highest BCUT2D eigenvalue weighted by Gasteiger charge is 2.29. The van der Waals surface area contributed by atoms with Crippen LogP contribution in [0, 0.1) is 0 Å². The van der Waals surface area contributed by atoms with Gasteiger partial charge in [0.1, 0.15) is 0 Å². The third kappa shape index (κ3) is 3.98. The molecule has 1 aliphatic rings. The van der Waals surface area contributed by atoms with Crippen molar-refractivity contribution in [2.75, 3.05) is 12.3 Å². The molecule has 1 aliphatic heterocycles. The maximum Gasteiger partial charge on any atom is 0.224 e. The summed E-state index contributed by atoms with van der Waals surface area (Å²) in [5.41, 5.74) is 7.77. The van der Waals surface area contributed by atoms with Crippen LogP contribution >= 0.6 is 11.8 Å². The predicted octanol–water partition coefficient (Wildman–Crippen LogP) is 2.09. The molecule has 1 heterocycles. The van der Waals surface area contributed by atoms with E-state index in [0.717, 1.165) is 17.7 Å². The van der Waals surface area contributed by atoms with Gasteiger partial charge in [-0.3, -0.25) is 4.79 Å². The van der Waals surface area contributed by atoms with Gasteiger partial charge in [0.25, 0.3) is 0 Å². The Hall–Kier alpha value is -1.00. The molecule has 3 nitrogen and oxygen atoms in total. The molecule has 2 rings (SSSR count). The van der Waals surface area contributed by atoms with Crippen LogP contribution in [0.4, 0.5) is 0 Å². The lowest BCUT2D eigenvalue weighted by Crippen LogP contribution is -2.37. The zero-order chi connectivity index (χ0) is 13.7. The Morgan fingerprint density at radius 3 is 2.79 bits per heavy atom. The van der Waals surface area contributed by atoms with Gasteiger partial charge >= 0.3 is 0 Å². The zero-order valence-electron chi connectivity index (χ0n) is 11.4. The smallest absolute Gasteiger partial charge is 0.224 e. The van der Waals surface area contributed by atoms with Gasteiger partial charge in [-0.05, 0) is 36.6 Å². The molecule has 1 aromatic rings. The standard InChI is InChI=1S/C15H22N2OS/c1-15(7-4-8-19-15)11-17-14(18)9-12-5-2-3-6-13(12)10-16/h2-3,5-6H,4,7-11,16H2,1H3,(H,17,18). The third-order valence-corrected chi connectivity index (χ3v) is 5.19. The molecule has 1 saturated heterocycles. The Morgan fingerprint density at radius 2 is 2.16 bits per heavy atom. The van der Waals surface area contributed by atoms with Crippen LogP contribution in [0.5, 0.6) is 0 Å². The van der Waals surface area contributed by atoms with E-state index in [-0.39, 0.29) is 10.7 Å². The summed E-state index contributed by atoms with van der Waals surface area (Å²) in [6, 6.07) is 7.88. The van der Waals surface area contributed by atoms with E-state index in [2.05, 4.69) is 12.2 Å². The van der Waals surface area contributed by atoms with Crippen LogP contribution in [0.3, 0.4) is 0 Å². The van der Waals surface area contributed by atoms with Crippen LogP contribution in [0.1, 0.15) is 30.9 Å². The third-order valence-electron chi connectivity index (χ3n) is 3.65. The molecule has 0 saturated carbocycles. The van der Waals surface area contributed by atoms with Crippen molar-refractivity contribution in [3.63, 3.8) is 0 Å². The molecule has 104 valence electrons. The Kier molecular flexibility index (Phi) is 4.88. The van der Waals surface area contributed by atoms with Gasteiger partial charge in [-0.1, -0.05) is 24.3 Å². The quantitative estimate of drug-likeness (QED) is 0.867. The van der Waals surface area contributed by atoms with Gasteiger partial charge in [-0.15, -0.1) is 0 Å². The minimum atomic E-state index is 0.0922. The van der Waals surface area contributed by atoms with Crippen LogP contribution in [0.2, 0.25) is 0 Å². The van der Waals surface area contributed by atoms with Gasteiger partial charge in [0.05, 0.1) is 6.42 Å². The molecule has 4 heteroatoms. The molecule has 1 fully saturated rings. The molecule has 0 aliphatic carbocycles. The van der Waals surface area contributed by atoms with Crippen LogP contribution in [0.15, 0.2) is 24.3 Å². The number of thioether (sulfide) groups is 1. The number of benzene rings is 1. The van der Waals surface area contributed by atoms with E-state index in [1.54, 1.807) is 0 Å². The van der Waals surface area contributed by atoms with Gasteiger partial charge in [-0.2, -0.15) is 11.8 Å². The Bertz CT molecular complexity index is 442. The van der Waals surface area contributed by atoms with Crippen molar-refractivity contribution in [2.24, 2.45) is 5.73 Å². The van der Waals surface area contributed by atoms with E-state index >= 15 is 0 Å². The van der Waals surface area contributed by atoms with Crippen molar-refractivity contribution in [3.8, 4) is 0 Å². The maximum atomic E-state index is 12.0. The summed E-state index contributed by atoms with van der Waals surface area (Å²) in [7, 11) is 0. The first kappa shape index (κ1) is 14.4. The zero-order valence-corrected chi connectivity index (χ0v) is 12.3. The van der Waals surface area contributed by atoms with E-state index in [0.29, 0.717) is 13.0 Å². The molecule has 1 unspecified atom stereocenters. The van der Waals surface area contributed by atoms with Crippen LogP contribution < -0.4 is 11.1 Å². The minimum absolute atomic E-state index is 0.0922. The van der Waals surface area contributed by atoms with Gasteiger partial charge in [0, 0.05) is 17.8 Å². The van der Waals surface area contributed by atoms with E-state index in [4.69, 9.17) is 5.73 Å². The van der Waals surface area contributed by atoms with Crippen molar-refractivity contribution >= 4 is 17.7 Å². The largest absolute Gasteiger partial charge is 0.354 e. The molecule has 19 heavy (non-hydrogen) atoms. The molecule has 1 amide bonds. The molecule has 0 aromatic heterocycles. The van der Waals surface area contributed by atoms with Crippen molar-refractivity contribution in [3.05, 3.63) is 35.4 Å². The molecule has 1 atom stereocenters. The predicted molar refractivity (Wildman–Crippen MR) is 81.1 cm³/mol. The first-order chi connectivity index (χ1) is 9.13. The van der Waals surface area contributed by atoms with Crippen molar-refractivity contribution in [1.29, 1.82) is 0 Å². The Morgan fingerprint density at radius 1 is 1.42 bits per heavy atom. The van der Waals surface area contributed by atoms with Crippen molar-refractivity contribution < 1.29 is 4.79 Å². The number of carbonyl (C=O) groups is 1. The summed E-state index contributed by atoms with van der Waals surface area (Å²) in [5.74, 6) is 1.30. The number of carbonyl (C=O) groups excluding carboxylic acids is 1. The molecular formula is C15H22N2OS. The molecular weight excluding hydrogens is 256 g/mol. The van der Waals surface area contributed by atoms with Crippen molar-refractivity contribution in [1.82, 2.24) is 5.32 Å². The topological polar surface area (TPSA) is 55.1 Å². The Labute approximate surface area is 119 Å². The fourth-order valence-electron chi connectivity index (χ4n) is 2.43. The highest BCUT2D eigenvalue weighted by molar-refractivity contribution is 8.00. The lowest BCUT2D eigenvalue weighted by Gasteiger charge is -2.23. The lowest BCUT2D eigenvalue weighted by atomic mass is 10.0. The van der Waals surface area contributed by atoms with E-state index in [9.17, 15) is 4.79 Å². The number of amides is 1. The molecule has 1 aromatic carbocycles. The number of hydrogen-bond acceptors (Lipinski definition) is 3. The molecule has 0 bridgehead atoms. The normalized spacial score (nSPS) is 22.4. The second-order valence-corrected chi connectivity index (χ2v) is 7.01. The summed E-state index contributed by atoms with van der Waals surface area (Å²) in [6.07, 6.45) is 2.87. The van der Waals surface area contributed by atoms with Gasteiger partial charge < -0.3 is 11.1 Å². The first-order valence-corrected chi connectivity index (χ1v) is 7.79. The van der Waals surface area contributed by atoms with Crippen molar-refractivity contribution in [2.45, 2.75) is 37.5 Å². The van der Waals surface area contributed by atoms with Crippen LogP contribution in [-0.2, 0) is 17.8 Å². The van der Waals surface area contributed by atoms with Gasteiger partial charge in [0.2, 0.25) is 5.91 Å². The maximum absolute atomic E-state index is 12.0. The summed E-state index contributed by atoms with van der Waals surface area (Å²) in [4.78, 5) is 12.0. The van der Waals surface area contributed by atoms with Gasteiger partial charge in [-0.25, -0.2) is 0 Å². The number of rotatable bonds is 5. The molecule has 3 N–H and O–H groups in total. The van der Waals surface area contributed by atoms with E-state index in [1.807, 2.05) is 36.0 Å². The second kappa shape index (κ2) is 6.44. The minimum Gasteiger partial charge on any atom is -0.354 e.